The van der Waals surface area contributed by atoms with Gasteiger partial charge in [0, 0.05) is 52.2 Å². The van der Waals surface area contributed by atoms with Gasteiger partial charge in [0.25, 0.3) is 0 Å². The lowest BCUT2D eigenvalue weighted by atomic mass is 9.88. The van der Waals surface area contributed by atoms with Crippen LogP contribution in [0.15, 0.2) is 4.99 Å². The summed E-state index contributed by atoms with van der Waals surface area (Å²) in [5.74, 6) is 1.53. The van der Waals surface area contributed by atoms with Crippen LogP contribution in [0, 0.1) is 11.8 Å². The Labute approximate surface area is 188 Å². The van der Waals surface area contributed by atoms with E-state index >= 15 is 0 Å². The topological polar surface area (TPSA) is 86.3 Å². The number of carbonyl (C=O) groups is 2. The van der Waals surface area contributed by atoms with Crippen LogP contribution in [0.4, 0.5) is 4.79 Å². The van der Waals surface area contributed by atoms with Gasteiger partial charge in [-0.15, -0.1) is 0 Å². The van der Waals surface area contributed by atoms with Gasteiger partial charge in [0.05, 0.1) is 0 Å². The molecule has 0 aromatic carbocycles. The average Bonchev–Trinajstić information content (AvgIpc) is 3.18. The lowest BCUT2D eigenvalue weighted by Crippen LogP contribution is -2.47. The van der Waals surface area contributed by atoms with Crippen LogP contribution in [0.5, 0.6) is 0 Å². The summed E-state index contributed by atoms with van der Waals surface area (Å²) in [5.41, 5.74) is -0.494. The maximum atomic E-state index is 12.8. The van der Waals surface area contributed by atoms with Gasteiger partial charge in [-0.1, -0.05) is 26.2 Å². The molecule has 8 heteroatoms. The van der Waals surface area contributed by atoms with Crippen LogP contribution in [-0.4, -0.2) is 79.7 Å². The SMILES string of the molecule is CN=C(NCC(C)CN(C)C(=O)OC(C)(C)C)NC1CCN(C(=O)C2CCCCC2)C1. The summed E-state index contributed by atoms with van der Waals surface area (Å²) in [4.78, 5) is 32.9. The third kappa shape index (κ3) is 8.57. The predicted octanol–water partition coefficient (Wildman–Crippen LogP) is 2.84. The van der Waals surface area contributed by atoms with Crippen molar-refractivity contribution in [2.45, 2.75) is 77.9 Å². The summed E-state index contributed by atoms with van der Waals surface area (Å²) < 4.78 is 5.41. The van der Waals surface area contributed by atoms with Crippen LogP contribution in [0.1, 0.15) is 66.2 Å². The van der Waals surface area contributed by atoms with E-state index in [2.05, 4.69) is 22.5 Å². The Morgan fingerprint density at radius 1 is 1.19 bits per heavy atom. The van der Waals surface area contributed by atoms with Crippen molar-refractivity contribution in [3.8, 4) is 0 Å². The first-order valence-corrected chi connectivity index (χ1v) is 11.8. The molecule has 2 atom stereocenters. The molecule has 2 fully saturated rings. The minimum Gasteiger partial charge on any atom is -0.444 e. The lowest BCUT2D eigenvalue weighted by Gasteiger charge is -2.27. The molecule has 8 nitrogen and oxygen atoms in total. The minimum absolute atomic E-state index is 0.221. The molecule has 1 saturated heterocycles. The van der Waals surface area contributed by atoms with Gasteiger partial charge in [0.15, 0.2) is 5.96 Å². The van der Waals surface area contributed by atoms with Crippen molar-refractivity contribution >= 4 is 18.0 Å². The fourth-order valence-corrected chi connectivity index (χ4v) is 4.29. The molecule has 2 unspecified atom stereocenters. The number of nitrogens with zero attached hydrogens (tertiary/aromatic N) is 3. The standard InChI is InChI=1S/C23H43N5O3/c1-17(15-27(6)22(30)31-23(2,3)4)14-25-21(24-5)26-19-12-13-28(16-19)20(29)18-10-8-7-9-11-18/h17-19H,7-16H2,1-6H3,(H2,24,25,26). The van der Waals surface area contributed by atoms with Gasteiger partial charge >= 0.3 is 6.09 Å². The third-order valence-electron chi connectivity index (χ3n) is 5.93. The second-order valence-electron chi connectivity index (χ2n) is 10.2. The Kier molecular flexibility index (Phi) is 9.44. The quantitative estimate of drug-likeness (QED) is 0.493. The zero-order valence-corrected chi connectivity index (χ0v) is 20.4. The van der Waals surface area contributed by atoms with Gasteiger partial charge in [0.2, 0.25) is 5.91 Å². The van der Waals surface area contributed by atoms with E-state index in [1.807, 2.05) is 25.7 Å². The zero-order valence-electron chi connectivity index (χ0n) is 20.4. The van der Waals surface area contributed by atoms with Crippen molar-refractivity contribution in [1.82, 2.24) is 20.4 Å². The van der Waals surface area contributed by atoms with Crippen LogP contribution in [0.2, 0.25) is 0 Å². The van der Waals surface area contributed by atoms with Crippen LogP contribution >= 0.6 is 0 Å². The molecule has 178 valence electrons. The Morgan fingerprint density at radius 3 is 2.48 bits per heavy atom. The summed E-state index contributed by atoms with van der Waals surface area (Å²) in [6, 6.07) is 0.221. The molecule has 1 aliphatic carbocycles. The molecular weight excluding hydrogens is 394 g/mol. The highest BCUT2D eigenvalue weighted by atomic mass is 16.6. The largest absolute Gasteiger partial charge is 0.444 e. The number of carbonyl (C=O) groups excluding carboxylic acids is 2. The van der Waals surface area contributed by atoms with Crippen molar-refractivity contribution in [3.05, 3.63) is 0 Å². The van der Waals surface area contributed by atoms with Crippen LogP contribution in [0.25, 0.3) is 0 Å². The van der Waals surface area contributed by atoms with E-state index in [0.717, 1.165) is 38.3 Å². The monoisotopic (exact) mass is 437 g/mol. The van der Waals surface area contributed by atoms with Crippen molar-refractivity contribution in [2.75, 3.05) is 40.3 Å². The van der Waals surface area contributed by atoms with E-state index in [1.54, 1.807) is 19.0 Å². The number of likely N-dealkylation sites (tertiary alicyclic amines) is 1. The van der Waals surface area contributed by atoms with E-state index in [4.69, 9.17) is 4.74 Å². The Hall–Kier alpha value is -1.99. The van der Waals surface area contributed by atoms with E-state index in [9.17, 15) is 9.59 Å². The second kappa shape index (κ2) is 11.6. The van der Waals surface area contributed by atoms with Crippen LogP contribution in [0.3, 0.4) is 0 Å². The molecule has 2 N–H and O–H groups in total. The van der Waals surface area contributed by atoms with Gasteiger partial charge in [-0.3, -0.25) is 9.79 Å². The van der Waals surface area contributed by atoms with Crippen molar-refractivity contribution in [3.63, 3.8) is 0 Å². The molecule has 1 saturated carbocycles. The first-order valence-electron chi connectivity index (χ1n) is 11.8. The number of aliphatic imine (C=N–C) groups is 1. The molecule has 0 aromatic heterocycles. The van der Waals surface area contributed by atoms with Crippen molar-refractivity contribution < 1.29 is 14.3 Å². The van der Waals surface area contributed by atoms with E-state index in [-0.39, 0.29) is 24.0 Å². The fraction of sp³-hybridized carbons (Fsp3) is 0.870. The van der Waals surface area contributed by atoms with Crippen molar-refractivity contribution in [1.29, 1.82) is 0 Å². The number of rotatable bonds is 6. The van der Waals surface area contributed by atoms with Crippen LogP contribution < -0.4 is 10.6 Å². The number of amides is 2. The Balaban J connectivity index is 1.72. The number of hydrogen-bond acceptors (Lipinski definition) is 4. The highest BCUT2D eigenvalue weighted by Crippen LogP contribution is 2.26. The average molecular weight is 438 g/mol. The van der Waals surface area contributed by atoms with Gasteiger partial charge in [-0.2, -0.15) is 0 Å². The molecular formula is C23H43N5O3. The van der Waals surface area contributed by atoms with E-state index < -0.39 is 5.60 Å². The summed E-state index contributed by atoms with van der Waals surface area (Å²) in [5, 5.41) is 6.81. The second-order valence-corrected chi connectivity index (χ2v) is 10.2. The Morgan fingerprint density at radius 2 is 1.87 bits per heavy atom. The highest BCUT2D eigenvalue weighted by Gasteiger charge is 2.31. The first-order chi connectivity index (χ1) is 14.6. The van der Waals surface area contributed by atoms with Gasteiger partial charge in [-0.05, 0) is 46.0 Å². The fourth-order valence-electron chi connectivity index (χ4n) is 4.29. The van der Waals surface area contributed by atoms with Gasteiger partial charge < -0.3 is 25.2 Å². The minimum atomic E-state index is -0.494. The molecule has 31 heavy (non-hydrogen) atoms. The molecule has 0 radical (unpaired) electrons. The number of guanidine groups is 1. The molecule has 1 heterocycles. The zero-order chi connectivity index (χ0) is 23.0. The molecule has 0 bridgehead atoms. The highest BCUT2D eigenvalue weighted by molar-refractivity contribution is 5.81. The van der Waals surface area contributed by atoms with Gasteiger partial charge in [0.1, 0.15) is 5.60 Å². The summed E-state index contributed by atoms with van der Waals surface area (Å²) in [6.45, 7) is 10.5. The third-order valence-corrected chi connectivity index (χ3v) is 5.93. The molecule has 2 rings (SSSR count). The maximum Gasteiger partial charge on any atom is 0.410 e. The number of ether oxygens (including phenoxy) is 1. The molecule has 1 aliphatic heterocycles. The molecule has 0 aromatic rings. The summed E-state index contributed by atoms with van der Waals surface area (Å²) >= 11 is 0. The molecule has 2 amide bonds. The molecule has 2 aliphatic rings. The van der Waals surface area contributed by atoms with Crippen molar-refractivity contribution in [2.24, 2.45) is 16.8 Å². The van der Waals surface area contributed by atoms with E-state index in [0.29, 0.717) is 19.0 Å². The first kappa shape index (κ1) is 25.3. The maximum absolute atomic E-state index is 12.8. The van der Waals surface area contributed by atoms with E-state index in [1.165, 1.54) is 19.3 Å². The predicted molar refractivity (Wildman–Crippen MR) is 124 cm³/mol. The normalized spacial score (nSPS) is 21.5. The molecule has 0 spiro atoms. The van der Waals surface area contributed by atoms with Crippen LogP contribution in [-0.2, 0) is 9.53 Å². The Bertz CT molecular complexity index is 625. The smallest absolute Gasteiger partial charge is 0.410 e. The summed E-state index contributed by atoms with van der Waals surface area (Å²) in [7, 11) is 3.51. The van der Waals surface area contributed by atoms with Gasteiger partial charge in [-0.25, -0.2) is 4.79 Å². The number of hydrogen-bond donors (Lipinski definition) is 2. The lowest BCUT2D eigenvalue weighted by molar-refractivity contribution is -0.135. The summed E-state index contributed by atoms with van der Waals surface area (Å²) in [6.07, 6.45) is 6.36. The number of nitrogens with one attached hydrogen (secondary N) is 2.